The molecular weight excluding hydrogens is 284 g/mol. The summed E-state index contributed by atoms with van der Waals surface area (Å²) in [5.41, 5.74) is 0.815. The van der Waals surface area contributed by atoms with Gasteiger partial charge in [-0.15, -0.1) is 0 Å². The SMILES string of the molecule is O=S1(=O)C[C@H](O)[C@H](Sc2ncnc3ccccc23)C1. The minimum atomic E-state index is -3.13. The summed E-state index contributed by atoms with van der Waals surface area (Å²) in [5, 5.41) is 11.1. The van der Waals surface area contributed by atoms with Gasteiger partial charge in [-0.1, -0.05) is 30.0 Å². The Morgan fingerprint density at radius 3 is 2.74 bits per heavy atom. The number of aromatic nitrogens is 2. The zero-order chi connectivity index (χ0) is 13.5. The van der Waals surface area contributed by atoms with Crippen LogP contribution in [0.2, 0.25) is 0 Å². The first-order chi connectivity index (χ1) is 9.05. The third-order valence-electron chi connectivity index (χ3n) is 3.04. The van der Waals surface area contributed by atoms with E-state index in [0.29, 0.717) is 5.03 Å². The summed E-state index contributed by atoms with van der Waals surface area (Å²) in [7, 11) is -3.13. The van der Waals surface area contributed by atoms with Crippen molar-refractivity contribution in [1.82, 2.24) is 9.97 Å². The second-order valence-corrected chi connectivity index (χ2v) is 7.88. The number of hydrogen-bond acceptors (Lipinski definition) is 6. The van der Waals surface area contributed by atoms with Crippen molar-refractivity contribution in [3.05, 3.63) is 30.6 Å². The largest absolute Gasteiger partial charge is 0.391 e. The maximum Gasteiger partial charge on any atom is 0.154 e. The molecule has 1 aromatic heterocycles. The van der Waals surface area contributed by atoms with E-state index in [0.717, 1.165) is 10.9 Å². The van der Waals surface area contributed by atoms with Gasteiger partial charge in [0.1, 0.15) is 11.4 Å². The molecule has 100 valence electrons. The average molecular weight is 296 g/mol. The Morgan fingerprint density at radius 1 is 1.21 bits per heavy atom. The highest BCUT2D eigenvalue weighted by atomic mass is 32.2. The molecule has 0 unspecified atom stereocenters. The Labute approximate surface area is 115 Å². The lowest BCUT2D eigenvalue weighted by Crippen LogP contribution is -2.20. The van der Waals surface area contributed by atoms with Gasteiger partial charge in [0, 0.05) is 5.39 Å². The van der Waals surface area contributed by atoms with Gasteiger partial charge in [0.25, 0.3) is 0 Å². The molecule has 0 aliphatic carbocycles. The first-order valence-corrected chi connectivity index (χ1v) is 8.50. The van der Waals surface area contributed by atoms with Crippen LogP contribution >= 0.6 is 11.8 Å². The topological polar surface area (TPSA) is 80.2 Å². The van der Waals surface area contributed by atoms with Gasteiger partial charge < -0.3 is 5.11 Å². The molecule has 2 heterocycles. The van der Waals surface area contributed by atoms with E-state index >= 15 is 0 Å². The summed E-state index contributed by atoms with van der Waals surface area (Å²) >= 11 is 1.31. The Balaban J connectivity index is 1.94. The van der Waals surface area contributed by atoms with Gasteiger partial charge in [0.15, 0.2) is 9.84 Å². The minimum absolute atomic E-state index is 0.00281. The zero-order valence-corrected chi connectivity index (χ0v) is 11.6. The van der Waals surface area contributed by atoms with Gasteiger partial charge in [0.2, 0.25) is 0 Å². The summed E-state index contributed by atoms with van der Waals surface area (Å²) in [6.45, 7) is 0. The van der Waals surface area contributed by atoms with E-state index in [-0.39, 0.29) is 16.8 Å². The molecule has 2 aromatic rings. The van der Waals surface area contributed by atoms with E-state index in [1.54, 1.807) is 0 Å². The number of sulfone groups is 1. The van der Waals surface area contributed by atoms with Crippen LogP contribution in [0.25, 0.3) is 10.9 Å². The van der Waals surface area contributed by atoms with Gasteiger partial charge in [0.05, 0.1) is 28.4 Å². The fourth-order valence-corrected chi connectivity index (χ4v) is 5.70. The maximum atomic E-state index is 11.5. The summed E-state index contributed by atoms with van der Waals surface area (Å²) < 4.78 is 23.0. The first kappa shape index (κ1) is 12.8. The van der Waals surface area contributed by atoms with Crippen LogP contribution in [-0.4, -0.2) is 46.4 Å². The van der Waals surface area contributed by atoms with Gasteiger partial charge in [-0.25, -0.2) is 18.4 Å². The number of nitrogens with zero attached hydrogens (tertiary/aromatic N) is 2. The third kappa shape index (κ3) is 2.58. The lowest BCUT2D eigenvalue weighted by atomic mass is 10.2. The number of para-hydroxylation sites is 1. The van der Waals surface area contributed by atoms with Gasteiger partial charge in [-0.05, 0) is 6.07 Å². The Bertz CT molecular complexity index is 712. The van der Waals surface area contributed by atoms with Crippen molar-refractivity contribution in [1.29, 1.82) is 0 Å². The Morgan fingerprint density at radius 2 is 2.00 bits per heavy atom. The summed E-state index contributed by atoms with van der Waals surface area (Å²) in [6.07, 6.45) is 0.629. The summed E-state index contributed by atoms with van der Waals surface area (Å²) in [5.74, 6) is -0.162. The summed E-state index contributed by atoms with van der Waals surface area (Å²) in [4.78, 5) is 8.36. The van der Waals surface area contributed by atoms with Crippen molar-refractivity contribution >= 4 is 32.5 Å². The highest BCUT2D eigenvalue weighted by Gasteiger charge is 2.37. The lowest BCUT2D eigenvalue weighted by molar-refractivity contribution is 0.207. The van der Waals surface area contributed by atoms with E-state index in [1.807, 2.05) is 24.3 Å². The van der Waals surface area contributed by atoms with Crippen molar-refractivity contribution in [3.63, 3.8) is 0 Å². The van der Waals surface area contributed by atoms with E-state index in [2.05, 4.69) is 9.97 Å². The molecule has 0 spiro atoms. The van der Waals surface area contributed by atoms with Crippen molar-refractivity contribution in [3.8, 4) is 0 Å². The second-order valence-electron chi connectivity index (χ2n) is 4.50. The van der Waals surface area contributed by atoms with Crippen molar-refractivity contribution in [2.24, 2.45) is 0 Å². The lowest BCUT2D eigenvalue weighted by Gasteiger charge is -2.12. The molecule has 19 heavy (non-hydrogen) atoms. The van der Waals surface area contributed by atoms with Crippen molar-refractivity contribution in [2.45, 2.75) is 16.4 Å². The molecule has 1 fully saturated rings. The van der Waals surface area contributed by atoms with Crippen LogP contribution in [0, 0.1) is 0 Å². The monoisotopic (exact) mass is 296 g/mol. The number of aliphatic hydroxyl groups is 1. The number of hydrogen-bond donors (Lipinski definition) is 1. The van der Waals surface area contributed by atoms with Crippen LogP contribution in [0.15, 0.2) is 35.6 Å². The third-order valence-corrected chi connectivity index (χ3v) is 6.30. The molecule has 2 atom stereocenters. The van der Waals surface area contributed by atoms with Gasteiger partial charge >= 0.3 is 0 Å². The number of rotatable bonds is 2. The second kappa shape index (κ2) is 4.73. The van der Waals surface area contributed by atoms with E-state index in [4.69, 9.17) is 0 Å². The molecule has 0 radical (unpaired) electrons. The predicted molar refractivity (Wildman–Crippen MR) is 73.8 cm³/mol. The smallest absolute Gasteiger partial charge is 0.154 e. The van der Waals surface area contributed by atoms with Crippen LogP contribution in [0.1, 0.15) is 0 Å². The van der Waals surface area contributed by atoms with Crippen LogP contribution in [0.5, 0.6) is 0 Å². The molecule has 5 nitrogen and oxygen atoms in total. The van der Waals surface area contributed by atoms with E-state index in [1.165, 1.54) is 18.1 Å². The minimum Gasteiger partial charge on any atom is -0.391 e. The summed E-state index contributed by atoms with van der Waals surface area (Å²) in [6, 6.07) is 7.55. The molecule has 7 heteroatoms. The van der Waals surface area contributed by atoms with E-state index in [9.17, 15) is 13.5 Å². The molecular formula is C12H12N2O3S2. The van der Waals surface area contributed by atoms with Crippen LogP contribution < -0.4 is 0 Å². The molecule has 1 aliphatic rings. The standard InChI is InChI=1S/C12H12N2O3S2/c15-10-5-19(16,17)6-11(10)18-12-8-3-1-2-4-9(8)13-7-14-12/h1-4,7,10-11,15H,5-6H2/t10-,11+/m0/s1. The van der Waals surface area contributed by atoms with Gasteiger partial charge in [-0.2, -0.15) is 0 Å². The quantitative estimate of drug-likeness (QED) is 0.829. The Kier molecular flexibility index (Phi) is 3.20. The maximum absolute atomic E-state index is 11.5. The highest BCUT2D eigenvalue weighted by molar-refractivity contribution is 8.02. The molecule has 1 aliphatic heterocycles. The molecule has 0 amide bonds. The normalized spacial score (nSPS) is 25.7. The van der Waals surface area contributed by atoms with E-state index < -0.39 is 15.9 Å². The number of thioether (sulfide) groups is 1. The molecule has 1 N–H and O–H groups in total. The first-order valence-electron chi connectivity index (χ1n) is 5.80. The molecule has 1 aromatic carbocycles. The number of fused-ring (bicyclic) bond motifs is 1. The number of benzene rings is 1. The molecule has 3 rings (SSSR count). The molecule has 0 saturated carbocycles. The average Bonchev–Trinajstić information content (AvgIpc) is 2.63. The van der Waals surface area contributed by atoms with Crippen molar-refractivity contribution in [2.75, 3.05) is 11.5 Å². The highest BCUT2D eigenvalue weighted by Crippen LogP contribution is 2.33. The van der Waals surface area contributed by atoms with Crippen LogP contribution in [0.4, 0.5) is 0 Å². The fraction of sp³-hybridized carbons (Fsp3) is 0.333. The van der Waals surface area contributed by atoms with Crippen LogP contribution in [-0.2, 0) is 9.84 Å². The predicted octanol–water partition coefficient (Wildman–Crippen LogP) is 0.880. The van der Waals surface area contributed by atoms with Gasteiger partial charge in [-0.3, -0.25) is 0 Å². The molecule has 0 bridgehead atoms. The molecule has 1 saturated heterocycles. The zero-order valence-electron chi connectivity index (χ0n) is 9.93. The fourth-order valence-electron chi connectivity index (χ4n) is 2.13. The van der Waals surface area contributed by atoms with Crippen molar-refractivity contribution < 1.29 is 13.5 Å². The Hall–Kier alpha value is -1.18. The number of aliphatic hydroxyl groups excluding tert-OH is 1. The van der Waals surface area contributed by atoms with Crippen LogP contribution in [0.3, 0.4) is 0 Å².